The average Bonchev–Trinajstić information content (AvgIpc) is 3.58. The zero-order chi connectivity index (χ0) is 65.5. The second kappa shape index (κ2) is 69.7. The van der Waals surface area contributed by atoms with E-state index in [1.54, 1.807) is 0 Å². The van der Waals surface area contributed by atoms with Crippen molar-refractivity contribution in [2.45, 2.75) is 328 Å². The summed E-state index contributed by atoms with van der Waals surface area (Å²) in [4.78, 5) is 38.1. The van der Waals surface area contributed by atoms with Gasteiger partial charge in [-0.2, -0.15) is 0 Å². The molecule has 0 fully saturated rings. The van der Waals surface area contributed by atoms with E-state index in [2.05, 4.69) is 135 Å². The molecule has 9 nitrogen and oxygen atoms in total. The van der Waals surface area contributed by atoms with Crippen LogP contribution in [-0.4, -0.2) is 70.0 Å². The van der Waals surface area contributed by atoms with Gasteiger partial charge in [0.05, 0.1) is 27.7 Å². The number of rotatable bonds is 68. The normalized spacial score (nSPS) is 13.8. The van der Waals surface area contributed by atoms with Crippen LogP contribution in [-0.2, 0) is 32.7 Å². The molecule has 0 rings (SSSR count). The molecule has 0 aromatic heterocycles. The van der Waals surface area contributed by atoms with E-state index in [1.807, 2.05) is 21.1 Å². The van der Waals surface area contributed by atoms with Gasteiger partial charge in [-0.15, -0.1) is 0 Å². The highest BCUT2D eigenvalue weighted by atomic mass is 31.2. The number of likely N-dealkylation sites (N-methyl/N-ethyl adjacent to an activating group) is 1. The van der Waals surface area contributed by atoms with Crippen molar-refractivity contribution in [3.8, 4) is 0 Å². The fourth-order valence-corrected chi connectivity index (χ4v) is 11.1. The molecule has 0 aromatic carbocycles. The highest BCUT2D eigenvalue weighted by molar-refractivity contribution is 7.45. The third-order valence-electron chi connectivity index (χ3n) is 16.0. The second-order valence-corrected chi connectivity index (χ2v) is 27.3. The first kappa shape index (κ1) is 86.4. The number of carbonyl (C=O) groups is 2. The number of quaternary nitrogens is 1. The Morgan fingerprint density at radius 2 is 0.600 bits per heavy atom. The Morgan fingerprint density at radius 3 is 0.889 bits per heavy atom. The standard InChI is InChI=1S/C80H140NO8P/c1-6-8-10-12-14-16-18-20-22-24-26-28-30-32-34-36-37-38-39-40-41-42-43-45-47-49-51-53-55-57-59-61-63-65-67-69-71-73-80(83)89-78(77-88-90(84,85)87-75-74-81(3,4)5)76-86-79(82)72-70-68-66-64-62-60-58-56-54-52-50-48-46-44-35-33-31-29-27-25-23-21-19-17-15-13-11-9-7-2/h8-11,14-17,20-23,26-29,32-35,78H,6-7,12-13,18-19,24-25,30-31,36-77H2,1-5H3/b10-8-,11-9-,16-14-,17-15-,22-20-,23-21-,28-26-,29-27-,34-32-,35-33-. The Labute approximate surface area is 556 Å². The number of phosphoric ester groups is 1. The molecule has 0 radical (unpaired) electrons. The minimum Gasteiger partial charge on any atom is -0.756 e. The zero-order valence-electron chi connectivity index (χ0n) is 59.1. The summed E-state index contributed by atoms with van der Waals surface area (Å²) in [7, 11) is 1.17. The van der Waals surface area contributed by atoms with Gasteiger partial charge in [0.15, 0.2) is 6.10 Å². The van der Waals surface area contributed by atoms with E-state index in [0.717, 1.165) is 103 Å². The van der Waals surface area contributed by atoms with Crippen LogP contribution in [0.15, 0.2) is 122 Å². The van der Waals surface area contributed by atoms with E-state index >= 15 is 0 Å². The topological polar surface area (TPSA) is 111 Å². The Kier molecular flexibility index (Phi) is 67.0. The Balaban J connectivity index is 3.99. The lowest BCUT2D eigenvalue weighted by molar-refractivity contribution is -0.870. The zero-order valence-corrected chi connectivity index (χ0v) is 59.9. The van der Waals surface area contributed by atoms with Crippen molar-refractivity contribution < 1.29 is 42.1 Å². The number of hydrogen-bond acceptors (Lipinski definition) is 8. The van der Waals surface area contributed by atoms with Crippen molar-refractivity contribution in [2.75, 3.05) is 47.5 Å². The van der Waals surface area contributed by atoms with Gasteiger partial charge in [-0.05, 0) is 103 Å². The van der Waals surface area contributed by atoms with Crippen molar-refractivity contribution in [1.29, 1.82) is 0 Å². The molecule has 0 aliphatic heterocycles. The lowest BCUT2D eigenvalue weighted by atomic mass is 10.0. The van der Waals surface area contributed by atoms with Gasteiger partial charge < -0.3 is 27.9 Å². The summed E-state index contributed by atoms with van der Waals surface area (Å²) in [6.07, 6.45) is 100. The third kappa shape index (κ3) is 73.5. The monoisotopic (exact) mass is 1270 g/mol. The van der Waals surface area contributed by atoms with E-state index in [-0.39, 0.29) is 32.0 Å². The molecule has 0 aliphatic carbocycles. The SMILES string of the molecule is CC/C=C\C/C=C\C/C=C\C/C=C\C/C=C\CCCCCCCCCCCCCCCCCCCCCCCC(=O)OC(COC(=O)CCCCCCCCCCCCCCC/C=C\C/C=C\C/C=C\C/C=C\C/C=C\CC)COP(=O)([O-])OCC[N+](C)(C)C. The van der Waals surface area contributed by atoms with Gasteiger partial charge in [0, 0.05) is 12.8 Å². The van der Waals surface area contributed by atoms with E-state index in [9.17, 15) is 19.0 Å². The summed E-state index contributed by atoms with van der Waals surface area (Å²) in [6.45, 7) is 4.04. The van der Waals surface area contributed by atoms with Crippen LogP contribution >= 0.6 is 7.82 Å². The highest BCUT2D eigenvalue weighted by Crippen LogP contribution is 2.38. The first-order chi connectivity index (χ1) is 44.0. The van der Waals surface area contributed by atoms with Gasteiger partial charge in [-0.25, -0.2) is 0 Å². The first-order valence-electron chi connectivity index (χ1n) is 37.2. The molecule has 90 heavy (non-hydrogen) atoms. The molecule has 0 saturated carbocycles. The maximum atomic E-state index is 12.9. The van der Waals surface area contributed by atoms with Gasteiger partial charge in [0.25, 0.3) is 7.82 Å². The number of phosphoric acid groups is 1. The molecule has 0 saturated heterocycles. The number of nitrogens with zero attached hydrogens (tertiary/aromatic N) is 1. The van der Waals surface area contributed by atoms with Crippen LogP contribution < -0.4 is 4.89 Å². The molecule has 10 heteroatoms. The minimum absolute atomic E-state index is 0.0335. The largest absolute Gasteiger partial charge is 0.756 e. The molecule has 0 spiro atoms. The van der Waals surface area contributed by atoms with Crippen molar-refractivity contribution >= 4 is 19.8 Å². The molecule has 0 bridgehead atoms. The maximum Gasteiger partial charge on any atom is 0.306 e. The first-order valence-corrected chi connectivity index (χ1v) is 38.7. The number of allylic oxidation sites excluding steroid dienone is 20. The molecule has 2 unspecified atom stereocenters. The fourth-order valence-electron chi connectivity index (χ4n) is 10.4. The van der Waals surface area contributed by atoms with Crippen LogP contribution in [0.3, 0.4) is 0 Å². The second-order valence-electron chi connectivity index (χ2n) is 25.9. The van der Waals surface area contributed by atoms with Crippen LogP contribution in [0, 0.1) is 0 Å². The van der Waals surface area contributed by atoms with Crippen LogP contribution in [0.25, 0.3) is 0 Å². The minimum atomic E-state index is -4.65. The Hall–Kier alpha value is -3.59. The number of esters is 2. The molecule has 0 aliphatic rings. The summed E-state index contributed by atoms with van der Waals surface area (Å²) in [5, 5.41) is 0. The van der Waals surface area contributed by atoms with Crippen LogP contribution in [0.5, 0.6) is 0 Å². The van der Waals surface area contributed by atoms with Gasteiger partial charge in [0.1, 0.15) is 19.8 Å². The van der Waals surface area contributed by atoms with E-state index in [0.29, 0.717) is 17.4 Å². The molecule has 2 atom stereocenters. The van der Waals surface area contributed by atoms with Gasteiger partial charge in [-0.3, -0.25) is 14.2 Å². The number of hydrogen-bond donors (Lipinski definition) is 0. The van der Waals surface area contributed by atoms with Gasteiger partial charge in [0.2, 0.25) is 0 Å². The third-order valence-corrected chi connectivity index (χ3v) is 16.9. The molecule has 0 aromatic rings. The molecule has 0 amide bonds. The van der Waals surface area contributed by atoms with Crippen LogP contribution in [0.2, 0.25) is 0 Å². The van der Waals surface area contributed by atoms with Gasteiger partial charge >= 0.3 is 11.9 Å². The van der Waals surface area contributed by atoms with Crippen LogP contribution in [0.1, 0.15) is 322 Å². The van der Waals surface area contributed by atoms with E-state index in [4.69, 9.17) is 18.5 Å². The molecular weight excluding hydrogens is 1130 g/mol. The smallest absolute Gasteiger partial charge is 0.306 e. The van der Waals surface area contributed by atoms with E-state index in [1.165, 1.54) is 186 Å². The fraction of sp³-hybridized carbons (Fsp3) is 0.725. The number of carbonyl (C=O) groups excluding carboxylic acids is 2. The van der Waals surface area contributed by atoms with Crippen molar-refractivity contribution in [1.82, 2.24) is 0 Å². The molecule has 518 valence electrons. The molecular formula is C80H140NO8P. The number of ether oxygens (including phenoxy) is 2. The maximum absolute atomic E-state index is 12.9. The summed E-state index contributed by atoms with van der Waals surface area (Å²) in [6, 6.07) is 0. The summed E-state index contributed by atoms with van der Waals surface area (Å²) in [5.41, 5.74) is 0. The summed E-state index contributed by atoms with van der Waals surface area (Å²) < 4.78 is 34.4. The Bertz CT molecular complexity index is 1940. The lowest BCUT2D eigenvalue weighted by Crippen LogP contribution is -2.37. The summed E-state index contributed by atoms with van der Waals surface area (Å²) in [5.74, 6) is -0.826. The van der Waals surface area contributed by atoms with Crippen LogP contribution in [0.4, 0.5) is 0 Å². The summed E-state index contributed by atoms with van der Waals surface area (Å²) >= 11 is 0. The quantitative estimate of drug-likeness (QED) is 0.0195. The predicted molar refractivity (Wildman–Crippen MR) is 388 cm³/mol. The predicted octanol–water partition coefficient (Wildman–Crippen LogP) is 24.0. The lowest BCUT2D eigenvalue weighted by Gasteiger charge is -2.28. The van der Waals surface area contributed by atoms with E-state index < -0.39 is 26.5 Å². The molecule has 0 N–H and O–H groups in total. The van der Waals surface area contributed by atoms with Crippen molar-refractivity contribution in [3.05, 3.63) is 122 Å². The number of unbranched alkanes of at least 4 members (excludes halogenated alkanes) is 34. The van der Waals surface area contributed by atoms with Crippen molar-refractivity contribution in [3.63, 3.8) is 0 Å². The Morgan fingerprint density at radius 1 is 0.344 bits per heavy atom. The molecule has 0 heterocycles. The van der Waals surface area contributed by atoms with Crippen molar-refractivity contribution in [2.24, 2.45) is 0 Å². The average molecular weight is 1270 g/mol. The highest BCUT2D eigenvalue weighted by Gasteiger charge is 2.22. The van der Waals surface area contributed by atoms with Gasteiger partial charge in [-0.1, -0.05) is 328 Å².